The summed E-state index contributed by atoms with van der Waals surface area (Å²) in [4.78, 5) is 17.1. The molecule has 1 fully saturated rings. The van der Waals surface area contributed by atoms with Gasteiger partial charge in [-0.2, -0.15) is 0 Å². The average molecular weight is 416 g/mol. The first-order valence-electron chi connectivity index (χ1n) is 9.95. The van der Waals surface area contributed by atoms with E-state index in [1.807, 2.05) is 37.3 Å². The van der Waals surface area contributed by atoms with Crippen LogP contribution < -0.4 is 14.8 Å². The second-order valence-corrected chi connectivity index (χ2v) is 7.96. The summed E-state index contributed by atoms with van der Waals surface area (Å²) < 4.78 is 10.8. The molecule has 154 valence electrons. The zero-order valence-corrected chi connectivity index (χ0v) is 17.3. The van der Waals surface area contributed by atoms with E-state index in [0.29, 0.717) is 18.4 Å². The molecule has 0 saturated carbocycles. The lowest BCUT2D eigenvalue weighted by molar-refractivity contribution is -0.123. The van der Waals surface area contributed by atoms with Crippen LogP contribution in [0.1, 0.15) is 24.1 Å². The number of nitrogens with one attached hydrogen (secondary N) is 1. The molecule has 0 aromatic heterocycles. The third-order valence-electron chi connectivity index (χ3n) is 5.42. The van der Waals surface area contributed by atoms with Crippen LogP contribution in [0.15, 0.2) is 42.5 Å². The highest BCUT2D eigenvalue weighted by molar-refractivity contribution is 6.31. The van der Waals surface area contributed by atoms with Crippen molar-refractivity contribution in [3.8, 4) is 11.5 Å². The van der Waals surface area contributed by atoms with E-state index < -0.39 is 0 Å². The minimum Gasteiger partial charge on any atom is -0.454 e. The van der Waals surface area contributed by atoms with Crippen molar-refractivity contribution >= 4 is 17.5 Å². The molecule has 1 saturated heterocycles. The highest BCUT2D eigenvalue weighted by atomic mass is 35.5. The van der Waals surface area contributed by atoms with Crippen molar-refractivity contribution in [3.05, 3.63) is 58.6 Å². The number of amides is 1. The zero-order chi connectivity index (χ0) is 20.2. The molecule has 0 aliphatic carbocycles. The number of carbonyl (C=O) groups is 1. The fourth-order valence-electron chi connectivity index (χ4n) is 3.80. The summed E-state index contributed by atoms with van der Waals surface area (Å²) in [5.74, 6) is 1.67. The highest BCUT2D eigenvalue weighted by Crippen LogP contribution is 2.32. The molecule has 1 amide bonds. The molecule has 2 heterocycles. The van der Waals surface area contributed by atoms with Crippen LogP contribution in [0.3, 0.4) is 0 Å². The van der Waals surface area contributed by atoms with Gasteiger partial charge >= 0.3 is 0 Å². The van der Waals surface area contributed by atoms with E-state index >= 15 is 0 Å². The molecular weight excluding hydrogens is 390 g/mol. The third-order valence-corrected chi connectivity index (χ3v) is 5.77. The Labute approximate surface area is 176 Å². The summed E-state index contributed by atoms with van der Waals surface area (Å²) >= 11 is 6.23. The molecule has 2 aliphatic rings. The lowest BCUT2D eigenvalue weighted by atomic mass is 10.1. The van der Waals surface area contributed by atoms with Crippen molar-refractivity contribution in [3.63, 3.8) is 0 Å². The van der Waals surface area contributed by atoms with Crippen molar-refractivity contribution in [1.82, 2.24) is 15.1 Å². The van der Waals surface area contributed by atoms with Gasteiger partial charge in [0.1, 0.15) is 0 Å². The van der Waals surface area contributed by atoms with Crippen LogP contribution >= 0.6 is 11.6 Å². The van der Waals surface area contributed by atoms with Crippen LogP contribution in [-0.4, -0.2) is 55.2 Å². The summed E-state index contributed by atoms with van der Waals surface area (Å²) in [6, 6.07) is 13.6. The molecule has 2 aromatic rings. The first-order valence-corrected chi connectivity index (χ1v) is 10.3. The SMILES string of the molecule is C[C@@H](NC(=O)CN1CCN(Cc2ccc3c(c2)OCO3)CC1)c1ccccc1Cl. The smallest absolute Gasteiger partial charge is 0.234 e. The molecule has 2 aliphatic heterocycles. The molecule has 1 N–H and O–H groups in total. The maximum absolute atomic E-state index is 12.5. The van der Waals surface area contributed by atoms with E-state index in [1.165, 1.54) is 5.56 Å². The van der Waals surface area contributed by atoms with E-state index in [9.17, 15) is 4.79 Å². The summed E-state index contributed by atoms with van der Waals surface area (Å²) in [7, 11) is 0. The highest BCUT2D eigenvalue weighted by Gasteiger charge is 2.21. The molecule has 0 unspecified atom stereocenters. The second kappa shape index (κ2) is 9.03. The lowest BCUT2D eigenvalue weighted by Gasteiger charge is -2.34. The summed E-state index contributed by atoms with van der Waals surface area (Å²) in [5.41, 5.74) is 2.16. The molecule has 7 heteroatoms. The van der Waals surface area contributed by atoms with Gasteiger partial charge in [-0.25, -0.2) is 0 Å². The van der Waals surface area contributed by atoms with Crippen LogP contribution in [0.2, 0.25) is 5.02 Å². The van der Waals surface area contributed by atoms with Gasteiger partial charge in [-0.15, -0.1) is 0 Å². The van der Waals surface area contributed by atoms with Crippen LogP contribution in [-0.2, 0) is 11.3 Å². The predicted octanol–water partition coefficient (Wildman–Crippen LogP) is 3.06. The maximum atomic E-state index is 12.5. The fourth-order valence-corrected chi connectivity index (χ4v) is 4.10. The average Bonchev–Trinajstić information content (AvgIpc) is 3.17. The van der Waals surface area contributed by atoms with E-state index in [1.54, 1.807) is 0 Å². The Balaban J connectivity index is 1.22. The Morgan fingerprint density at radius 2 is 1.79 bits per heavy atom. The molecule has 6 nitrogen and oxygen atoms in total. The number of hydrogen-bond donors (Lipinski definition) is 1. The van der Waals surface area contributed by atoms with Gasteiger partial charge in [-0.1, -0.05) is 35.9 Å². The Morgan fingerprint density at radius 3 is 2.59 bits per heavy atom. The number of carbonyl (C=O) groups excluding carboxylic acids is 1. The van der Waals surface area contributed by atoms with Gasteiger partial charge in [0.05, 0.1) is 12.6 Å². The van der Waals surface area contributed by atoms with Gasteiger partial charge in [0.25, 0.3) is 0 Å². The standard InChI is InChI=1S/C22H26ClN3O3/c1-16(18-4-2-3-5-19(18)23)24-22(27)14-26-10-8-25(9-11-26)13-17-6-7-20-21(12-17)29-15-28-20/h2-7,12,16H,8-11,13-15H2,1H3,(H,24,27)/t16-/m1/s1. The molecular formula is C22H26ClN3O3. The topological polar surface area (TPSA) is 54.0 Å². The third kappa shape index (κ3) is 5.01. The van der Waals surface area contributed by atoms with Crippen molar-refractivity contribution in [2.24, 2.45) is 0 Å². The second-order valence-electron chi connectivity index (χ2n) is 7.55. The fraction of sp³-hybridized carbons (Fsp3) is 0.409. The molecule has 0 radical (unpaired) electrons. The number of benzene rings is 2. The minimum absolute atomic E-state index is 0.0293. The molecule has 2 aromatic carbocycles. The predicted molar refractivity (Wildman–Crippen MR) is 112 cm³/mol. The van der Waals surface area contributed by atoms with Gasteiger partial charge in [-0.05, 0) is 36.2 Å². The largest absolute Gasteiger partial charge is 0.454 e. The number of halogens is 1. The Morgan fingerprint density at radius 1 is 1.07 bits per heavy atom. The molecule has 29 heavy (non-hydrogen) atoms. The first-order chi connectivity index (χ1) is 14.1. The van der Waals surface area contributed by atoms with Gasteiger partial charge < -0.3 is 14.8 Å². The van der Waals surface area contributed by atoms with Crippen molar-refractivity contribution in [2.75, 3.05) is 39.5 Å². The van der Waals surface area contributed by atoms with Crippen LogP contribution in [0, 0.1) is 0 Å². The summed E-state index contributed by atoms with van der Waals surface area (Å²) in [6.45, 7) is 7.16. The number of ether oxygens (including phenoxy) is 2. The number of hydrogen-bond acceptors (Lipinski definition) is 5. The van der Waals surface area contributed by atoms with E-state index in [-0.39, 0.29) is 11.9 Å². The quantitative estimate of drug-likeness (QED) is 0.785. The maximum Gasteiger partial charge on any atom is 0.234 e. The van der Waals surface area contributed by atoms with Crippen molar-refractivity contribution in [2.45, 2.75) is 19.5 Å². The molecule has 0 bridgehead atoms. The molecule has 4 rings (SSSR count). The van der Waals surface area contributed by atoms with E-state index in [4.69, 9.17) is 21.1 Å². The summed E-state index contributed by atoms with van der Waals surface area (Å²) in [6.07, 6.45) is 0. The van der Waals surface area contributed by atoms with Crippen molar-refractivity contribution < 1.29 is 14.3 Å². The Kier molecular flexibility index (Phi) is 6.23. The van der Waals surface area contributed by atoms with E-state index in [0.717, 1.165) is 49.8 Å². The van der Waals surface area contributed by atoms with Crippen LogP contribution in [0.5, 0.6) is 11.5 Å². The summed E-state index contributed by atoms with van der Waals surface area (Å²) in [5, 5.41) is 3.73. The Hall–Kier alpha value is -2.28. The van der Waals surface area contributed by atoms with Gasteiger partial charge in [-0.3, -0.25) is 14.6 Å². The first kappa shape index (κ1) is 20.0. The zero-order valence-electron chi connectivity index (χ0n) is 16.6. The number of rotatable bonds is 6. The number of nitrogens with zero attached hydrogens (tertiary/aromatic N) is 2. The minimum atomic E-state index is -0.108. The Bertz CT molecular complexity index is 868. The van der Waals surface area contributed by atoms with E-state index in [2.05, 4.69) is 27.2 Å². The molecule has 1 atom stereocenters. The number of piperazine rings is 1. The van der Waals surface area contributed by atoms with Crippen LogP contribution in [0.4, 0.5) is 0 Å². The monoisotopic (exact) mass is 415 g/mol. The van der Waals surface area contributed by atoms with Gasteiger partial charge in [0.2, 0.25) is 12.7 Å². The lowest BCUT2D eigenvalue weighted by Crippen LogP contribution is -2.49. The normalized spacial score (nSPS) is 17.9. The van der Waals surface area contributed by atoms with Crippen LogP contribution in [0.25, 0.3) is 0 Å². The van der Waals surface area contributed by atoms with Crippen molar-refractivity contribution in [1.29, 1.82) is 0 Å². The molecule has 0 spiro atoms. The van der Waals surface area contributed by atoms with Gasteiger partial charge in [0, 0.05) is 37.7 Å². The van der Waals surface area contributed by atoms with Gasteiger partial charge in [0.15, 0.2) is 11.5 Å². The number of fused-ring (bicyclic) bond motifs is 1.